The van der Waals surface area contributed by atoms with Crippen LogP contribution in [0.2, 0.25) is 0 Å². The van der Waals surface area contributed by atoms with E-state index in [0.29, 0.717) is 11.3 Å². The summed E-state index contributed by atoms with van der Waals surface area (Å²) in [5.41, 5.74) is 0.356. The lowest BCUT2D eigenvalue weighted by Crippen LogP contribution is -2.54. The third-order valence-electron chi connectivity index (χ3n) is 7.56. The smallest absolute Gasteiger partial charge is 0.0624 e. The lowest BCUT2D eigenvalue weighted by atomic mass is 9.46. The molecule has 1 heteroatoms. The predicted octanol–water partition coefficient (Wildman–Crippen LogP) is 4.78. The molecule has 3 unspecified atom stereocenters. The second kappa shape index (κ2) is 5.00. The standard InChI is InChI=1S/C19H32O/c1-2-13-4-3-5-17(9-13)18(20)19-10-14-6-15(11-19)8-16(7-14)12-19/h13-18,20H,2-12H2,1H3. The van der Waals surface area contributed by atoms with E-state index in [2.05, 4.69) is 6.92 Å². The average molecular weight is 276 g/mol. The minimum Gasteiger partial charge on any atom is -0.392 e. The highest BCUT2D eigenvalue weighted by Gasteiger charge is 2.55. The minimum atomic E-state index is 0.0326. The zero-order valence-corrected chi connectivity index (χ0v) is 13.2. The number of aliphatic hydroxyl groups is 1. The summed E-state index contributed by atoms with van der Waals surface area (Å²) < 4.78 is 0. The van der Waals surface area contributed by atoms with Gasteiger partial charge in [-0.1, -0.05) is 26.2 Å². The monoisotopic (exact) mass is 276 g/mol. The average Bonchev–Trinajstić information content (AvgIpc) is 2.45. The van der Waals surface area contributed by atoms with Crippen LogP contribution in [-0.2, 0) is 0 Å². The molecule has 0 saturated heterocycles. The Labute approximate surface area is 124 Å². The zero-order valence-electron chi connectivity index (χ0n) is 13.2. The Hall–Kier alpha value is -0.0400. The van der Waals surface area contributed by atoms with Crippen molar-refractivity contribution in [2.45, 2.75) is 83.7 Å². The van der Waals surface area contributed by atoms with Gasteiger partial charge in [-0.2, -0.15) is 0 Å². The van der Waals surface area contributed by atoms with Crippen LogP contribution in [-0.4, -0.2) is 11.2 Å². The lowest BCUT2D eigenvalue weighted by Gasteiger charge is -2.59. The molecule has 0 aromatic heterocycles. The lowest BCUT2D eigenvalue weighted by molar-refractivity contribution is -0.143. The Morgan fingerprint density at radius 1 is 0.950 bits per heavy atom. The minimum absolute atomic E-state index is 0.0326. The van der Waals surface area contributed by atoms with Gasteiger partial charge in [-0.15, -0.1) is 0 Å². The van der Waals surface area contributed by atoms with Crippen LogP contribution >= 0.6 is 0 Å². The summed E-state index contributed by atoms with van der Waals surface area (Å²) in [4.78, 5) is 0. The largest absolute Gasteiger partial charge is 0.392 e. The van der Waals surface area contributed by atoms with Gasteiger partial charge in [0.1, 0.15) is 0 Å². The summed E-state index contributed by atoms with van der Waals surface area (Å²) >= 11 is 0. The first kappa shape index (κ1) is 13.6. The van der Waals surface area contributed by atoms with Crippen LogP contribution in [0.25, 0.3) is 0 Å². The van der Waals surface area contributed by atoms with E-state index in [0.717, 1.165) is 23.7 Å². The molecule has 4 bridgehead atoms. The molecular weight excluding hydrogens is 244 g/mol. The van der Waals surface area contributed by atoms with Crippen molar-refractivity contribution in [1.29, 1.82) is 0 Å². The van der Waals surface area contributed by atoms with Gasteiger partial charge in [0, 0.05) is 0 Å². The van der Waals surface area contributed by atoms with Crippen molar-refractivity contribution < 1.29 is 5.11 Å². The molecule has 0 heterocycles. The fourth-order valence-corrected chi connectivity index (χ4v) is 7.03. The zero-order chi connectivity index (χ0) is 13.7. The van der Waals surface area contributed by atoms with Crippen LogP contribution in [0.15, 0.2) is 0 Å². The van der Waals surface area contributed by atoms with Crippen molar-refractivity contribution >= 4 is 0 Å². The first-order valence-corrected chi connectivity index (χ1v) is 9.36. The molecule has 5 aliphatic rings. The summed E-state index contributed by atoms with van der Waals surface area (Å²) in [5.74, 6) is 4.45. The van der Waals surface area contributed by atoms with Crippen molar-refractivity contribution in [2.24, 2.45) is 35.0 Å². The van der Waals surface area contributed by atoms with Gasteiger partial charge in [-0.05, 0) is 86.4 Å². The summed E-state index contributed by atoms with van der Waals surface area (Å²) in [6.45, 7) is 2.34. The highest BCUT2D eigenvalue weighted by molar-refractivity contribution is 5.05. The molecule has 5 saturated carbocycles. The first-order valence-electron chi connectivity index (χ1n) is 9.36. The van der Waals surface area contributed by atoms with Crippen molar-refractivity contribution in [2.75, 3.05) is 0 Å². The van der Waals surface area contributed by atoms with E-state index in [9.17, 15) is 5.11 Å². The van der Waals surface area contributed by atoms with Crippen LogP contribution in [0.1, 0.15) is 77.6 Å². The molecular formula is C19H32O. The van der Waals surface area contributed by atoms with Crippen LogP contribution in [0, 0.1) is 35.0 Å². The Balaban J connectivity index is 1.51. The van der Waals surface area contributed by atoms with Crippen molar-refractivity contribution in [3.05, 3.63) is 0 Å². The highest BCUT2D eigenvalue weighted by Crippen LogP contribution is 2.62. The van der Waals surface area contributed by atoms with Gasteiger partial charge in [0.25, 0.3) is 0 Å². The molecule has 1 N–H and O–H groups in total. The maximum Gasteiger partial charge on any atom is 0.0624 e. The maximum absolute atomic E-state index is 11.3. The molecule has 0 amide bonds. The molecule has 5 fully saturated rings. The van der Waals surface area contributed by atoms with Crippen LogP contribution in [0.3, 0.4) is 0 Å². The topological polar surface area (TPSA) is 20.2 Å². The fourth-order valence-electron chi connectivity index (χ4n) is 7.03. The molecule has 0 aromatic rings. The number of hydrogen-bond acceptors (Lipinski definition) is 1. The van der Waals surface area contributed by atoms with E-state index in [4.69, 9.17) is 0 Å². The molecule has 5 rings (SSSR count). The molecule has 0 radical (unpaired) electrons. The molecule has 0 aliphatic heterocycles. The molecule has 5 aliphatic carbocycles. The van der Waals surface area contributed by atoms with Crippen LogP contribution in [0.4, 0.5) is 0 Å². The summed E-state index contributed by atoms with van der Waals surface area (Å²) in [5, 5.41) is 11.3. The van der Waals surface area contributed by atoms with E-state index in [1.165, 1.54) is 70.6 Å². The Bertz CT molecular complexity index is 325. The Morgan fingerprint density at radius 2 is 1.55 bits per heavy atom. The predicted molar refractivity (Wildman–Crippen MR) is 82.4 cm³/mol. The molecule has 0 aromatic carbocycles. The first-order chi connectivity index (χ1) is 9.68. The van der Waals surface area contributed by atoms with E-state index in [-0.39, 0.29) is 6.10 Å². The Morgan fingerprint density at radius 3 is 2.10 bits per heavy atom. The molecule has 3 atom stereocenters. The fraction of sp³-hybridized carbons (Fsp3) is 1.00. The maximum atomic E-state index is 11.3. The number of hydrogen-bond donors (Lipinski definition) is 1. The summed E-state index contributed by atoms with van der Waals surface area (Å²) in [7, 11) is 0. The van der Waals surface area contributed by atoms with E-state index in [1.807, 2.05) is 0 Å². The second-order valence-electron chi connectivity index (χ2n) is 8.93. The summed E-state index contributed by atoms with van der Waals surface area (Å²) in [6, 6.07) is 0. The quantitative estimate of drug-likeness (QED) is 0.786. The number of aliphatic hydroxyl groups excluding tert-OH is 1. The second-order valence-corrected chi connectivity index (χ2v) is 8.93. The van der Waals surface area contributed by atoms with Crippen molar-refractivity contribution in [3.63, 3.8) is 0 Å². The van der Waals surface area contributed by atoms with Gasteiger partial charge in [0.2, 0.25) is 0 Å². The molecule has 1 nitrogen and oxygen atoms in total. The van der Waals surface area contributed by atoms with E-state index >= 15 is 0 Å². The molecule has 20 heavy (non-hydrogen) atoms. The third kappa shape index (κ3) is 2.16. The van der Waals surface area contributed by atoms with E-state index in [1.54, 1.807) is 0 Å². The third-order valence-corrected chi connectivity index (χ3v) is 7.56. The van der Waals surface area contributed by atoms with Gasteiger partial charge < -0.3 is 5.11 Å². The molecule has 0 spiro atoms. The van der Waals surface area contributed by atoms with Crippen molar-refractivity contribution in [1.82, 2.24) is 0 Å². The number of rotatable bonds is 3. The van der Waals surface area contributed by atoms with Gasteiger partial charge in [-0.3, -0.25) is 0 Å². The van der Waals surface area contributed by atoms with Gasteiger partial charge in [0.15, 0.2) is 0 Å². The normalized spacial score (nSPS) is 52.2. The highest BCUT2D eigenvalue weighted by atomic mass is 16.3. The SMILES string of the molecule is CCC1CCCC(C(O)C23CC4CC(CC(C4)C2)C3)C1. The summed E-state index contributed by atoms with van der Waals surface area (Å²) in [6.07, 6.45) is 15.4. The van der Waals surface area contributed by atoms with Gasteiger partial charge >= 0.3 is 0 Å². The van der Waals surface area contributed by atoms with E-state index < -0.39 is 0 Å². The van der Waals surface area contributed by atoms with Crippen LogP contribution < -0.4 is 0 Å². The Kier molecular flexibility index (Phi) is 3.41. The molecule has 114 valence electrons. The van der Waals surface area contributed by atoms with Crippen LogP contribution in [0.5, 0.6) is 0 Å². The van der Waals surface area contributed by atoms with Gasteiger partial charge in [0.05, 0.1) is 6.10 Å². The van der Waals surface area contributed by atoms with Gasteiger partial charge in [-0.25, -0.2) is 0 Å². The van der Waals surface area contributed by atoms with Crippen molar-refractivity contribution in [3.8, 4) is 0 Å².